The van der Waals surface area contributed by atoms with Crippen LogP contribution in [-0.4, -0.2) is 7.11 Å². The van der Waals surface area contributed by atoms with Crippen molar-refractivity contribution >= 4 is 0 Å². The molecule has 22 heavy (non-hydrogen) atoms. The van der Waals surface area contributed by atoms with Gasteiger partial charge in [-0.3, -0.25) is 0 Å². The molecule has 0 aliphatic heterocycles. The van der Waals surface area contributed by atoms with Crippen LogP contribution in [0.25, 0.3) is 11.1 Å². The van der Waals surface area contributed by atoms with Crippen LogP contribution in [0.15, 0.2) is 42.5 Å². The third kappa shape index (κ3) is 3.35. The van der Waals surface area contributed by atoms with Crippen molar-refractivity contribution in [3.8, 4) is 16.9 Å². The van der Waals surface area contributed by atoms with Crippen molar-refractivity contribution in [2.45, 2.75) is 12.4 Å². The second-order valence-corrected chi connectivity index (χ2v) is 4.49. The zero-order valence-electron chi connectivity index (χ0n) is 11.2. The minimum Gasteiger partial charge on any atom is -0.496 e. The smallest absolute Gasteiger partial charge is 0.416 e. The minimum absolute atomic E-state index is 0.0606. The Morgan fingerprint density at radius 3 is 1.68 bits per heavy atom. The summed E-state index contributed by atoms with van der Waals surface area (Å²) in [6.45, 7) is 0. The van der Waals surface area contributed by atoms with E-state index in [1.165, 1.54) is 25.3 Å². The lowest BCUT2D eigenvalue weighted by Gasteiger charge is -2.13. The van der Waals surface area contributed by atoms with Gasteiger partial charge in [-0.1, -0.05) is 18.2 Å². The van der Waals surface area contributed by atoms with E-state index in [-0.39, 0.29) is 11.3 Å². The molecule has 0 amide bonds. The summed E-state index contributed by atoms with van der Waals surface area (Å²) in [4.78, 5) is 0. The highest BCUT2D eigenvalue weighted by atomic mass is 19.4. The third-order valence-corrected chi connectivity index (χ3v) is 3.05. The molecule has 7 heteroatoms. The molecule has 2 rings (SSSR count). The van der Waals surface area contributed by atoms with Gasteiger partial charge in [0.1, 0.15) is 5.75 Å². The van der Waals surface area contributed by atoms with Crippen molar-refractivity contribution in [1.82, 2.24) is 0 Å². The van der Waals surface area contributed by atoms with Gasteiger partial charge in [0.25, 0.3) is 0 Å². The largest absolute Gasteiger partial charge is 0.496 e. The van der Waals surface area contributed by atoms with Gasteiger partial charge in [0.15, 0.2) is 0 Å². The van der Waals surface area contributed by atoms with Crippen molar-refractivity contribution in [2.75, 3.05) is 7.11 Å². The van der Waals surface area contributed by atoms with Crippen LogP contribution in [0, 0.1) is 0 Å². The van der Waals surface area contributed by atoms with Crippen molar-refractivity contribution in [3.05, 3.63) is 53.6 Å². The molecule has 0 N–H and O–H groups in total. The molecular weight excluding hydrogens is 310 g/mol. The fraction of sp³-hybridized carbons (Fsp3) is 0.200. The highest BCUT2D eigenvalue weighted by molar-refractivity contribution is 5.71. The summed E-state index contributed by atoms with van der Waals surface area (Å²) >= 11 is 0. The lowest BCUT2D eigenvalue weighted by atomic mass is 10.0. The Morgan fingerprint density at radius 2 is 1.23 bits per heavy atom. The second kappa shape index (κ2) is 5.55. The molecule has 0 aliphatic carbocycles. The first kappa shape index (κ1) is 16.2. The molecule has 1 nitrogen and oxygen atoms in total. The molecule has 0 spiro atoms. The van der Waals surface area contributed by atoms with E-state index in [4.69, 9.17) is 4.74 Å². The number of ether oxygens (including phenoxy) is 1. The van der Waals surface area contributed by atoms with E-state index < -0.39 is 23.5 Å². The Balaban J connectivity index is 2.44. The van der Waals surface area contributed by atoms with E-state index in [9.17, 15) is 26.3 Å². The van der Waals surface area contributed by atoms with Gasteiger partial charge in [0.2, 0.25) is 0 Å². The number of alkyl halides is 6. The van der Waals surface area contributed by atoms with E-state index in [1.807, 2.05) is 0 Å². The first-order valence-electron chi connectivity index (χ1n) is 6.06. The van der Waals surface area contributed by atoms with Crippen LogP contribution >= 0.6 is 0 Å². The summed E-state index contributed by atoms with van der Waals surface area (Å²) in [5.74, 6) is -0.0606. The van der Waals surface area contributed by atoms with Crippen molar-refractivity contribution in [3.63, 3.8) is 0 Å². The molecule has 0 fully saturated rings. The Morgan fingerprint density at radius 1 is 0.727 bits per heavy atom. The van der Waals surface area contributed by atoms with Gasteiger partial charge in [0.05, 0.1) is 18.2 Å². The molecule has 0 radical (unpaired) electrons. The standard InChI is InChI=1S/C15H10F6O/c1-22-13-8-11(15(19,20)21)6-7-12(13)9-2-4-10(5-3-9)14(16,17)18/h2-8H,1H3. The first-order valence-corrected chi connectivity index (χ1v) is 6.06. The molecule has 0 unspecified atom stereocenters. The van der Waals surface area contributed by atoms with E-state index in [1.54, 1.807) is 0 Å². The van der Waals surface area contributed by atoms with E-state index in [0.717, 1.165) is 24.3 Å². The average Bonchev–Trinajstić information content (AvgIpc) is 2.45. The van der Waals surface area contributed by atoms with Gasteiger partial charge in [-0.25, -0.2) is 0 Å². The van der Waals surface area contributed by atoms with Gasteiger partial charge in [-0.2, -0.15) is 26.3 Å². The van der Waals surface area contributed by atoms with Gasteiger partial charge in [-0.15, -0.1) is 0 Å². The quantitative estimate of drug-likeness (QED) is 0.673. The molecule has 2 aromatic rings. The number of rotatable bonds is 2. The topological polar surface area (TPSA) is 9.23 Å². The summed E-state index contributed by atoms with van der Waals surface area (Å²) in [5.41, 5.74) is -1.11. The summed E-state index contributed by atoms with van der Waals surface area (Å²) in [7, 11) is 1.20. The monoisotopic (exact) mass is 320 g/mol. The molecule has 0 bridgehead atoms. The molecular formula is C15H10F6O. The molecule has 0 saturated carbocycles. The molecule has 118 valence electrons. The second-order valence-electron chi connectivity index (χ2n) is 4.49. The maximum Gasteiger partial charge on any atom is 0.416 e. The predicted molar refractivity (Wildman–Crippen MR) is 68.4 cm³/mol. The lowest BCUT2D eigenvalue weighted by molar-refractivity contribution is -0.138. The molecule has 0 atom stereocenters. The molecule has 0 heterocycles. The Hall–Kier alpha value is -2.18. The normalized spacial score (nSPS) is 12.3. The van der Waals surface area contributed by atoms with Crippen LogP contribution in [0.5, 0.6) is 5.75 Å². The van der Waals surface area contributed by atoms with E-state index in [0.29, 0.717) is 5.56 Å². The summed E-state index contributed by atoms with van der Waals surface area (Å²) in [6, 6.07) is 6.95. The van der Waals surface area contributed by atoms with Crippen LogP contribution in [-0.2, 0) is 12.4 Å². The summed E-state index contributed by atoms with van der Waals surface area (Å²) in [6.07, 6.45) is -8.99. The Kier molecular flexibility index (Phi) is 4.08. The van der Waals surface area contributed by atoms with Gasteiger partial charge in [0, 0.05) is 5.56 Å². The average molecular weight is 320 g/mol. The van der Waals surface area contributed by atoms with Gasteiger partial charge >= 0.3 is 12.4 Å². The third-order valence-electron chi connectivity index (χ3n) is 3.05. The van der Waals surface area contributed by atoms with Crippen LogP contribution in [0.4, 0.5) is 26.3 Å². The van der Waals surface area contributed by atoms with Crippen molar-refractivity contribution in [1.29, 1.82) is 0 Å². The van der Waals surface area contributed by atoms with Crippen molar-refractivity contribution < 1.29 is 31.1 Å². The Bertz CT molecular complexity index is 655. The number of hydrogen-bond donors (Lipinski definition) is 0. The molecule has 0 aromatic heterocycles. The fourth-order valence-electron chi connectivity index (χ4n) is 1.94. The van der Waals surface area contributed by atoms with Crippen LogP contribution < -0.4 is 4.74 Å². The maximum atomic E-state index is 12.6. The molecule has 0 saturated heterocycles. The predicted octanol–water partition coefficient (Wildman–Crippen LogP) is 5.40. The number of halogens is 6. The van der Waals surface area contributed by atoms with Crippen LogP contribution in [0.3, 0.4) is 0 Å². The van der Waals surface area contributed by atoms with Gasteiger partial charge in [-0.05, 0) is 29.8 Å². The number of hydrogen-bond acceptors (Lipinski definition) is 1. The van der Waals surface area contributed by atoms with Gasteiger partial charge < -0.3 is 4.74 Å². The van der Waals surface area contributed by atoms with Crippen LogP contribution in [0.2, 0.25) is 0 Å². The van der Waals surface area contributed by atoms with Crippen molar-refractivity contribution in [2.24, 2.45) is 0 Å². The highest BCUT2D eigenvalue weighted by Crippen LogP contribution is 2.38. The zero-order chi connectivity index (χ0) is 16.5. The first-order chi connectivity index (χ1) is 10.1. The number of benzene rings is 2. The lowest BCUT2D eigenvalue weighted by Crippen LogP contribution is -2.05. The molecule has 0 aliphatic rings. The summed E-state index contributed by atoms with van der Waals surface area (Å²) in [5, 5.41) is 0. The fourth-order valence-corrected chi connectivity index (χ4v) is 1.94. The Labute approximate surface area is 122 Å². The molecule has 2 aromatic carbocycles. The zero-order valence-corrected chi connectivity index (χ0v) is 11.2. The SMILES string of the molecule is COc1cc(C(F)(F)F)ccc1-c1ccc(C(F)(F)F)cc1. The van der Waals surface area contributed by atoms with E-state index in [2.05, 4.69) is 0 Å². The van der Waals surface area contributed by atoms with E-state index >= 15 is 0 Å². The highest BCUT2D eigenvalue weighted by Gasteiger charge is 2.32. The minimum atomic E-state index is -4.52. The number of methoxy groups -OCH3 is 1. The van der Waals surface area contributed by atoms with Crippen LogP contribution in [0.1, 0.15) is 11.1 Å². The summed E-state index contributed by atoms with van der Waals surface area (Å²) < 4.78 is 80.3. The maximum absolute atomic E-state index is 12.6.